The Morgan fingerprint density at radius 3 is 1.39 bits per heavy atom. The van der Waals surface area contributed by atoms with Gasteiger partial charge in [0.25, 0.3) is 0 Å². The van der Waals surface area contributed by atoms with Gasteiger partial charge in [0.1, 0.15) is 0 Å². The minimum Gasteiger partial charge on any atom is -0.296 e. The summed E-state index contributed by atoms with van der Waals surface area (Å²) in [5.74, 6) is -1.75. The third kappa shape index (κ3) is 2.54. The molecule has 6 atom stereocenters. The first kappa shape index (κ1) is 17.6. The number of hydrogen-bond donors (Lipinski definition) is 2. The lowest BCUT2D eigenvalue weighted by Crippen LogP contribution is -2.33. The SMILES string of the molecule is O=C1NC(=O)C2C1CCCC2c1ccccc1C1CCCC2C(=O)NC(=O)C21. The molecule has 4 amide bonds. The van der Waals surface area contributed by atoms with Crippen LogP contribution in [0, 0.1) is 23.7 Å². The zero-order chi connectivity index (χ0) is 19.4. The predicted octanol–water partition coefficient (Wildman–Crippen LogP) is 2.00. The molecule has 5 rings (SSSR count). The normalized spacial score (nSPS) is 37.3. The monoisotopic (exact) mass is 380 g/mol. The van der Waals surface area contributed by atoms with Gasteiger partial charge in [-0.2, -0.15) is 0 Å². The lowest BCUT2D eigenvalue weighted by atomic mass is 9.65. The van der Waals surface area contributed by atoms with Crippen molar-refractivity contribution >= 4 is 23.6 Å². The van der Waals surface area contributed by atoms with Gasteiger partial charge in [-0.3, -0.25) is 29.8 Å². The van der Waals surface area contributed by atoms with Crippen molar-refractivity contribution in [1.29, 1.82) is 0 Å². The first-order valence-electron chi connectivity index (χ1n) is 10.3. The number of carbonyl (C=O) groups is 4. The minimum absolute atomic E-state index is 0.0121. The van der Waals surface area contributed by atoms with Gasteiger partial charge in [0, 0.05) is 0 Å². The fourth-order valence-corrected chi connectivity index (χ4v) is 6.19. The molecule has 0 spiro atoms. The molecule has 2 N–H and O–H groups in total. The average molecular weight is 380 g/mol. The van der Waals surface area contributed by atoms with E-state index in [2.05, 4.69) is 22.8 Å². The fourth-order valence-electron chi connectivity index (χ4n) is 6.19. The van der Waals surface area contributed by atoms with Crippen molar-refractivity contribution in [1.82, 2.24) is 10.6 Å². The van der Waals surface area contributed by atoms with Crippen molar-refractivity contribution < 1.29 is 19.2 Å². The van der Waals surface area contributed by atoms with Crippen molar-refractivity contribution in [3.05, 3.63) is 35.4 Å². The Hall–Kier alpha value is -2.50. The van der Waals surface area contributed by atoms with E-state index in [4.69, 9.17) is 0 Å². The highest BCUT2D eigenvalue weighted by atomic mass is 16.2. The summed E-state index contributed by atoms with van der Waals surface area (Å²) in [7, 11) is 0. The molecule has 6 nitrogen and oxygen atoms in total. The third-order valence-corrected chi connectivity index (χ3v) is 7.36. The van der Waals surface area contributed by atoms with Crippen molar-refractivity contribution in [2.24, 2.45) is 23.7 Å². The zero-order valence-corrected chi connectivity index (χ0v) is 15.6. The summed E-state index contributed by atoms with van der Waals surface area (Å²) < 4.78 is 0. The van der Waals surface area contributed by atoms with Crippen molar-refractivity contribution in [3.8, 4) is 0 Å². The van der Waals surface area contributed by atoms with Gasteiger partial charge in [0.15, 0.2) is 0 Å². The second-order valence-corrected chi connectivity index (χ2v) is 8.68. The van der Waals surface area contributed by atoms with Crippen LogP contribution in [0.5, 0.6) is 0 Å². The second kappa shape index (κ2) is 6.54. The van der Waals surface area contributed by atoms with Crippen LogP contribution >= 0.6 is 0 Å². The van der Waals surface area contributed by atoms with Crippen LogP contribution in [0.4, 0.5) is 0 Å². The van der Waals surface area contributed by atoms with Crippen LogP contribution in [0.15, 0.2) is 24.3 Å². The summed E-state index contributed by atoms with van der Waals surface area (Å²) in [6.45, 7) is 0. The van der Waals surface area contributed by atoms with Crippen molar-refractivity contribution in [2.45, 2.75) is 50.4 Å². The van der Waals surface area contributed by atoms with E-state index >= 15 is 0 Å². The van der Waals surface area contributed by atoms with Crippen LogP contribution in [-0.2, 0) is 19.2 Å². The smallest absolute Gasteiger partial charge is 0.231 e. The summed E-state index contributed by atoms with van der Waals surface area (Å²) in [5.41, 5.74) is 2.17. The maximum absolute atomic E-state index is 12.5. The Kier molecular flexibility index (Phi) is 4.11. The molecule has 4 fully saturated rings. The molecule has 146 valence electrons. The Labute approximate surface area is 163 Å². The van der Waals surface area contributed by atoms with E-state index in [0.29, 0.717) is 0 Å². The van der Waals surface area contributed by atoms with Gasteiger partial charge in [-0.05, 0) is 48.6 Å². The van der Waals surface area contributed by atoms with Gasteiger partial charge in [-0.25, -0.2) is 0 Å². The van der Waals surface area contributed by atoms with Crippen LogP contribution in [0.1, 0.15) is 61.5 Å². The van der Waals surface area contributed by atoms with E-state index < -0.39 is 0 Å². The molecule has 2 heterocycles. The number of amides is 4. The molecule has 2 aliphatic heterocycles. The van der Waals surface area contributed by atoms with Gasteiger partial charge in [-0.15, -0.1) is 0 Å². The Morgan fingerprint density at radius 2 is 0.964 bits per heavy atom. The summed E-state index contributed by atoms with van der Waals surface area (Å²) in [6.07, 6.45) is 5.07. The number of benzene rings is 1. The van der Waals surface area contributed by atoms with Gasteiger partial charge in [0.2, 0.25) is 23.6 Å². The number of carbonyl (C=O) groups excluding carboxylic acids is 4. The molecule has 0 aromatic heterocycles. The van der Waals surface area contributed by atoms with Crippen LogP contribution in [0.2, 0.25) is 0 Å². The molecule has 2 aliphatic carbocycles. The molecule has 1 aromatic carbocycles. The fraction of sp³-hybridized carbons (Fsp3) is 0.545. The first-order valence-corrected chi connectivity index (χ1v) is 10.3. The average Bonchev–Trinajstić information content (AvgIpc) is 3.17. The lowest BCUT2D eigenvalue weighted by molar-refractivity contribution is -0.127. The van der Waals surface area contributed by atoms with E-state index in [1.165, 1.54) is 0 Å². The van der Waals surface area contributed by atoms with E-state index in [9.17, 15) is 19.2 Å². The molecule has 4 aliphatic rings. The standard InChI is InChI=1S/C22H24N2O4/c25-19-15-9-3-7-13(17(15)21(27)23-19)11-5-1-2-6-12(11)14-8-4-10-16-18(14)22(28)24-20(16)26/h1-2,5-6,13-18H,3-4,7-10H2,(H,23,25,27)(H,24,26,28). The van der Waals surface area contributed by atoms with Gasteiger partial charge >= 0.3 is 0 Å². The molecule has 2 saturated heterocycles. The highest BCUT2D eigenvalue weighted by Gasteiger charge is 2.51. The number of imide groups is 2. The summed E-state index contributed by atoms with van der Waals surface area (Å²) in [6, 6.07) is 8.04. The van der Waals surface area contributed by atoms with Gasteiger partial charge in [-0.1, -0.05) is 37.1 Å². The maximum atomic E-state index is 12.5. The quantitative estimate of drug-likeness (QED) is 0.768. The van der Waals surface area contributed by atoms with E-state index in [1.807, 2.05) is 12.1 Å². The third-order valence-electron chi connectivity index (χ3n) is 7.36. The molecule has 1 aromatic rings. The molecular formula is C22H24N2O4. The second-order valence-electron chi connectivity index (χ2n) is 8.68. The summed E-state index contributed by atoms with van der Waals surface area (Å²) in [4.78, 5) is 49.4. The Balaban J connectivity index is 1.55. The Morgan fingerprint density at radius 1 is 0.571 bits per heavy atom. The van der Waals surface area contributed by atoms with Crippen LogP contribution in [0.25, 0.3) is 0 Å². The maximum Gasteiger partial charge on any atom is 0.231 e. The number of nitrogens with one attached hydrogen (secondary N) is 2. The molecule has 28 heavy (non-hydrogen) atoms. The minimum atomic E-state index is -0.319. The zero-order valence-electron chi connectivity index (χ0n) is 15.6. The number of fused-ring (bicyclic) bond motifs is 2. The van der Waals surface area contributed by atoms with Crippen LogP contribution in [-0.4, -0.2) is 23.6 Å². The first-order chi connectivity index (χ1) is 13.6. The van der Waals surface area contributed by atoms with E-state index in [0.717, 1.165) is 49.7 Å². The Bertz CT molecular complexity index is 808. The number of hydrogen-bond acceptors (Lipinski definition) is 4. The topological polar surface area (TPSA) is 92.3 Å². The molecular weight excluding hydrogens is 356 g/mol. The molecule has 6 heteroatoms. The highest BCUT2D eigenvalue weighted by Crippen LogP contribution is 2.50. The van der Waals surface area contributed by atoms with Crippen LogP contribution < -0.4 is 10.6 Å². The summed E-state index contributed by atoms with van der Waals surface area (Å²) >= 11 is 0. The van der Waals surface area contributed by atoms with Crippen molar-refractivity contribution in [2.75, 3.05) is 0 Å². The molecule has 6 unspecified atom stereocenters. The largest absolute Gasteiger partial charge is 0.296 e. The van der Waals surface area contributed by atoms with Crippen LogP contribution in [0.3, 0.4) is 0 Å². The molecule has 0 radical (unpaired) electrons. The van der Waals surface area contributed by atoms with E-state index in [1.54, 1.807) is 0 Å². The number of rotatable bonds is 2. The summed E-state index contributed by atoms with van der Waals surface area (Å²) in [5, 5.41) is 5.04. The molecule has 2 saturated carbocycles. The lowest BCUT2D eigenvalue weighted by Gasteiger charge is -2.36. The van der Waals surface area contributed by atoms with Crippen molar-refractivity contribution in [3.63, 3.8) is 0 Å². The van der Waals surface area contributed by atoms with Gasteiger partial charge < -0.3 is 0 Å². The molecule has 0 bridgehead atoms. The highest BCUT2D eigenvalue weighted by molar-refractivity contribution is 6.06. The van der Waals surface area contributed by atoms with E-state index in [-0.39, 0.29) is 59.1 Å². The van der Waals surface area contributed by atoms with Gasteiger partial charge in [0.05, 0.1) is 23.7 Å². The predicted molar refractivity (Wildman–Crippen MR) is 99.9 cm³/mol.